The van der Waals surface area contributed by atoms with Crippen molar-refractivity contribution in [3.63, 3.8) is 0 Å². The molecule has 0 saturated heterocycles. The normalized spacial score (nSPS) is 12.9. The Kier molecular flexibility index (Phi) is 4.25. The minimum Gasteiger partial charge on any atom is -0.341 e. The van der Waals surface area contributed by atoms with Gasteiger partial charge in [0.15, 0.2) is 0 Å². The first-order valence-electron chi connectivity index (χ1n) is 7.90. The van der Waals surface area contributed by atoms with Crippen molar-refractivity contribution in [2.45, 2.75) is 32.9 Å². The molecule has 1 aromatic heterocycles. The third-order valence-electron chi connectivity index (χ3n) is 4.30. The lowest BCUT2D eigenvalue weighted by Gasteiger charge is -2.23. The molecule has 0 aliphatic heterocycles. The molecule has 0 radical (unpaired) electrons. The zero-order valence-electron chi connectivity index (χ0n) is 13.5. The van der Waals surface area contributed by atoms with E-state index < -0.39 is 0 Å². The van der Waals surface area contributed by atoms with Crippen molar-refractivity contribution in [2.75, 3.05) is 7.05 Å². The SMILES string of the molecule is CCc1ccc2nc(C(C)N(C)Cc3ccccc3)[nH]c2c1. The highest BCUT2D eigenvalue weighted by Crippen LogP contribution is 2.22. The molecule has 3 nitrogen and oxygen atoms in total. The fourth-order valence-corrected chi connectivity index (χ4v) is 2.71. The summed E-state index contributed by atoms with van der Waals surface area (Å²) in [5, 5.41) is 0. The Morgan fingerprint density at radius 2 is 1.86 bits per heavy atom. The third-order valence-corrected chi connectivity index (χ3v) is 4.30. The van der Waals surface area contributed by atoms with Crippen molar-refractivity contribution in [1.82, 2.24) is 14.9 Å². The first-order valence-corrected chi connectivity index (χ1v) is 7.90. The standard InChI is InChI=1S/C19H23N3/c1-4-15-10-11-17-18(12-15)21-19(20-17)14(2)22(3)13-16-8-6-5-7-9-16/h5-12,14H,4,13H2,1-3H3,(H,20,21). The van der Waals surface area contributed by atoms with Crippen LogP contribution in [0.15, 0.2) is 48.5 Å². The fourth-order valence-electron chi connectivity index (χ4n) is 2.71. The van der Waals surface area contributed by atoms with Gasteiger partial charge in [-0.05, 0) is 43.7 Å². The van der Waals surface area contributed by atoms with Crippen LogP contribution in [-0.4, -0.2) is 21.9 Å². The molecule has 0 aliphatic rings. The van der Waals surface area contributed by atoms with E-state index in [9.17, 15) is 0 Å². The lowest BCUT2D eigenvalue weighted by Crippen LogP contribution is -2.22. The molecule has 2 aromatic carbocycles. The van der Waals surface area contributed by atoms with E-state index in [-0.39, 0.29) is 6.04 Å². The average molecular weight is 293 g/mol. The van der Waals surface area contributed by atoms with E-state index in [1.54, 1.807) is 0 Å². The summed E-state index contributed by atoms with van der Waals surface area (Å²) in [6, 6.07) is 17.3. The Morgan fingerprint density at radius 3 is 2.59 bits per heavy atom. The van der Waals surface area contributed by atoms with Crippen molar-refractivity contribution >= 4 is 11.0 Å². The van der Waals surface area contributed by atoms with Crippen LogP contribution in [0.4, 0.5) is 0 Å². The van der Waals surface area contributed by atoms with Gasteiger partial charge >= 0.3 is 0 Å². The van der Waals surface area contributed by atoms with Gasteiger partial charge in [0.05, 0.1) is 17.1 Å². The van der Waals surface area contributed by atoms with Crippen molar-refractivity contribution < 1.29 is 0 Å². The Hall–Kier alpha value is -2.13. The summed E-state index contributed by atoms with van der Waals surface area (Å²) in [6.07, 6.45) is 1.05. The van der Waals surface area contributed by atoms with Crippen LogP contribution >= 0.6 is 0 Å². The average Bonchev–Trinajstić information content (AvgIpc) is 2.97. The molecule has 3 rings (SSSR count). The molecule has 0 amide bonds. The first kappa shape index (κ1) is 14.8. The number of benzene rings is 2. The molecule has 0 fully saturated rings. The van der Waals surface area contributed by atoms with Gasteiger partial charge in [0.25, 0.3) is 0 Å². The van der Waals surface area contributed by atoms with Crippen molar-refractivity contribution in [3.05, 3.63) is 65.5 Å². The third kappa shape index (κ3) is 3.04. The molecule has 0 spiro atoms. The number of hydrogen-bond acceptors (Lipinski definition) is 2. The number of fused-ring (bicyclic) bond motifs is 1. The Balaban J connectivity index is 1.80. The molecule has 0 bridgehead atoms. The van der Waals surface area contributed by atoms with Gasteiger partial charge in [-0.1, -0.05) is 43.3 Å². The molecule has 0 saturated carbocycles. The lowest BCUT2D eigenvalue weighted by atomic mass is 10.1. The van der Waals surface area contributed by atoms with E-state index in [2.05, 4.69) is 79.3 Å². The van der Waals surface area contributed by atoms with E-state index in [0.29, 0.717) is 0 Å². The van der Waals surface area contributed by atoms with Gasteiger partial charge in [0.1, 0.15) is 5.82 Å². The highest BCUT2D eigenvalue weighted by Gasteiger charge is 2.16. The minimum absolute atomic E-state index is 0.248. The van der Waals surface area contributed by atoms with E-state index >= 15 is 0 Å². The molecular weight excluding hydrogens is 270 g/mol. The number of nitrogens with one attached hydrogen (secondary N) is 1. The van der Waals surface area contributed by atoms with E-state index in [0.717, 1.165) is 29.8 Å². The van der Waals surface area contributed by atoms with E-state index in [1.807, 2.05) is 0 Å². The molecule has 1 unspecified atom stereocenters. The highest BCUT2D eigenvalue weighted by molar-refractivity contribution is 5.76. The lowest BCUT2D eigenvalue weighted by molar-refractivity contribution is 0.245. The second-order valence-electron chi connectivity index (χ2n) is 5.90. The fraction of sp³-hybridized carbons (Fsp3) is 0.316. The minimum atomic E-state index is 0.248. The van der Waals surface area contributed by atoms with Crippen molar-refractivity contribution in [3.8, 4) is 0 Å². The summed E-state index contributed by atoms with van der Waals surface area (Å²) >= 11 is 0. The first-order chi connectivity index (χ1) is 10.7. The predicted octanol–water partition coefficient (Wildman–Crippen LogP) is 4.32. The largest absolute Gasteiger partial charge is 0.341 e. The topological polar surface area (TPSA) is 31.9 Å². The number of nitrogens with zero attached hydrogens (tertiary/aromatic N) is 2. The number of hydrogen-bond donors (Lipinski definition) is 1. The number of aryl methyl sites for hydroxylation is 1. The summed E-state index contributed by atoms with van der Waals surface area (Å²) in [5.41, 5.74) is 4.84. The van der Waals surface area contributed by atoms with Gasteiger partial charge in [-0.3, -0.25) is 4.90 Å². The van der Waals surface area contributed by atoms with Crippen molar-refractivity contribution in [2.24, 2.45) is 0 Å². The second kappa shape index (κ2) is 6.32. The molecule has 1 N–H and O–H groups in total. The zero-order chi connectivity index (χ0) is 15.5. The number of aromatic nitrogens is 2. The van der Waals surface area contributed by atoms with Gasteiger partial charge in [-0.2, -0.15) is 0 Å². The Bertz CT molecular complexity index is 746. The zero-order valence-corrected chi connectivity index (χ0v) is 13.5. The van der Waals surface area contributed by atoms with E-state index in [1.165, 1.54) is 11.1 Å². The van der Waals surface area contributed by atoms with Gasteiger partial charge in [-0.25, -0.2) is 4.98 Å². The van der Waals surface area contributed by atoms with E-state index in [4.69, 9.17) is 4.98 Å². The maximum Gasteiger partial charge on any atom is 0.124 e. The predicted molar refractivity (Wildman–Crippen MR) is 91.8 cm³/mol. The maximum atomic E-state index is 4.75. The van der Waals surface area contributed by atoms with Crippen LogP contribution in [0.2, 0.25) is 0 Å². The molecule has 0 aliphatic carbocycles. The molecule has 3 aromatic rings. The molecule has 1 heterocycles. The van der Waals surface area contributed by atoms with Crippen LogP contribution in [0, 0.1) is 0 Å². The number of imidazole rings is 1. The summed E-state index contributed by atoms with van der Waals surface area (Å²) < 4.78 is 0. The second-order valence-corrected chi connectivity index (χ2v) is 5.90. The van der Waals surface area contributed by atoms with Crippen LogP contribution in [-0.2, 0) is 13.0 Å². The number of aromatic amines is 1. The van der Waals surface area contributed by atoms with Crippen LogP contribution in [0.25, 0.3) is 11.0 Å². The number of H-pyrrole nitrogens is 1. The van der Waals surface area contributed by atoms with Gasteiger partial charge in [0.2, 0.25) is 0 Å². The molecular formula is C19H23N3. The Labute approximate surface area is 132 Å². The monoisotopic (exact) mass is 293 g/mol. The Morgan fingerprint density at radius 1 is 1.09 bits per heavy atom. The van der Waals surface area contributed by atoms with Crippen LogP contribution in [0.5, 0.6) is 0 Å². The highest BCUT2D eigenvalue weighted by atomic mass is 15.2. The molecule has 114 valence electrons. The van der Waals surface area contributed by atoms with Gasteiger partial charge < -0.3 is 4.98 Å². The van der Waals surface area contributed by atoms with Crippen molar-refractivity contribution in [1.29, 1.82) is 0 Å². The molecule has 1 atom stereocenters. The van der Waals surface area contributed by atoms with Gasteiger partial charge in [0, 0.05) is 6.54 Å². The van der Waals surface area contributed by atoms with Crippen LogP contribution in [0.1, 0.15) is 36.8 Å². The number of rotatable bonds is 5. The quantitative estimate of drug-likeness (QED) is 0.760. The summed E-state index contributed by atoms with van der Waals surface area (Å²) in [4.78, 5) is 10.6. The molecule has 3 heteroatoms. The molecule has 22 heavy (non-hydrogen) atoms. The van der Waals surface area contributed by atoms with Crippen LogP contribution < -0.4 is 0 Å². The summed E-state index contributed by atoms with van der Waals surface area (Å²) in [5.74, 6) is 1.03. The maximum absolute atomic E-state index is 4.75. The van der Waals surface area contributed by atoms with Crippen LogP contribution in [0.3, 0.4) is 0 Å². The van der Waals surface area contributed by atoms with Gasteiger partial charge in [-0.15, -0.1) is 0 Å². The smallest absolute Gasteiger partial charge is 0.124 e. The summed E-state index contributed by atoms with van der Waals surface area (Å²) in [7, 11) is 2.14. The summed E-state index contributed by atoms with van der Waals surface area (Å²) in [6.45, 7) is 5.29.